The summed E-state index contributed by atoms with van der Waals surface area (Å²) < 4.78 is 24.7. The van der Waals surface area contributed by atoms with E-state index in [1.165, 1.54) is 18.4 Å². The Kier molecular flexibility index (Phi) is 6.96. The number of anilines is 1. The highest BCUT2D eigenvalue weighted by Gasteiger charge is 2.12. The minimum absolute atomic E-state index is 0.0428. The average molecular weight is 304 g/mol. The molecule has 2 amide bonds. The first-order valence-corrected chi connectivity index (χ1v) is 6.77. The monoisotopic (exact) mass is 304 g/mol. The van der Waals surface area contributed by atoms with Crippen molar-refractivity contribution in [1.82, 2.24) is 5.32 Å². The van der Waals surface area contributed by atoms with E-state index in [2.05, 4.69) is 10.6 Å². The van der Waals surface area contributed by atoms with Crippen molar-refractivity contribution in [3.05, 3.63) is 24.3 Å². The van der Waals surface area contributed by atoms with Crippen molar-refractivity contribution in [1.29, 1.82) is 0 Å². The van der Waals surface area contributed by atoms with E-state index in [0.717, 1.165) is 0 Å². The second-order valence-corrected chi connectivity index (χ2v) is 4.82. The fourth-order valence-electron chi connectivity index (χ4n) is 1.41. The summed E-state index contributed by atoms with van der Waals surface area (Å²) in [6.45, 7) is 0.179. The van der Waals surface area contributed by atoms with Gasteiger partial charge in [0, 0.05) is 11.9 Å². The zero-order chi connectivity index (χ0) is 15.0. The van der Waals surface area contributed by atoms with Crippen LogP contribution in [-0.2, 0) is 9.59 Å². The van der Waals surface area contributed by atoms with Gasteiger partial charge < -0.3 is 16.0 Å². The maximum Gasteiger partial charge on any atom is 0.288 e. The standard InChI is InChI=1S/C12H15F2N3O2S/c1-15-10(18)6-16-7-11(19)17-8-4-2-3-5-9(8)20-12(13)14/h2-5,12,16H,6-7H2,1H3,(H,15,18)(H,17,19)/p+1. The summed E-state index contributed by atoms with van der Waals surface area (Å²) in [6.07, 6.45) is 0. The Morgan fingerprint density at radius 3 is 2.55 bits per heavy atom. The molecule has 4 N–H and O–H groups in total. The van der Waals surface area contributed by atoms with E-state index in [1.54, 1.807) is 18.2 Å². The molecule has 110 valence electrons. The Hall–Kier alpha value is -1.67. The second-order valence-electron chi connectivity index (χ2n) is 3.79. The third-order valence-corrected chi connectivity index (χ3v) is 3.10. The van der Waals surface area contributed by atoms with Crippen molar-refractivity contribution in [2.75, 3.05) is 25.5 Å². The predicted octanol–water partition coefficient (Wildman–Crippen LogP) is 0.249. The molecule has 0 heterocycles. The maximum atomic E-state index is 12.4. The van der Waals surface area contributed by atoms with Crippen LogP contribution in [0.3, 0.4) is 0 Å². The van der Waals surface area contributed by atoms with Crippen molar-refractivity contribution in [3.8, 4) is 0 Å². The van der Waals surface area contributed by atoms with Gasteiger partial charge in [-0.05, 0) is 12.1 Å². The minimum Gasteiger partial charge on any atom is -0.354 e. The maximum absolute atomic E-state index is 12.4. The van der Waals surface area contributed by atoms with Gasteiger partial charge in [-0.25, -0.2) is 0 Å². The number of hydrogen-bond acceptors (Lipinski definition) is 3. The fraction of sp³-hybridized carbons (Fsp3) is 0.333. The first kappa shape index (κ1) is 16.4. The summed E-state index contributed by atoms with van der Waals surface area (Å²) in [5.74, 6) is -3.09. The van der Waals surface area contributed by atoms with E-state index in [-0.39, 0.29) is 24.9 Å². The molecular weight excluding hydrogens is 288 g/mol. The Labute approximate surface area is 119 Å². The number of rotatable bonds is 7. The lowest BCUT2D eigenvalue weighted by Crippen LogP contribution is -2.88. The smallest absolute Gasteiger partial charge is 0.288 e. The van der Waals surface area contributed by atoms with Gasteiger partial charge in [0.15, 0.2) is 13.1 Å². The number of alkyl halides is 2. The van der Waals surface area contributed by atoms with Crippen LogP contribution in [0.25, 0.3) is 0 Å². The molecule has 0 fully saturated rings. The van der Waals surface area contributed by atoms with Crippen molar-refractivity contribution < 1.29 is 23.7 Å². The van der Waals surface area contributed by atoms with Crippen LogP contribution in [0, 0.1) is 0 Å². The number of carbonyl (C=O) groups is 2. The van der Waals surface area contributed by atoms with E-state index < -0.39 is 5.76 Å². The normalized spacial score (nSPS) is 10.4. The number of nitrogens with one attached hydrogen (secondary N) is 2. The number of carbonyl (C=O) groups excluding carboxylic acids is 2. The molecule has 20 heavy (non-hydrogen) atoms. The van der Waals surface area contributed by atoms with Crippen LogP contribution in [0.1, 0.15) is 0 Å². The lowest BCUT2D eigenvalue weighted by molar-refractivity contribution is -0.632. The number of halogens is 2. The van der Waals surface area contributed by atoms with Crippen LogP contribution >= 0.6 is 11.8 Å². The highest BCUT2D eigenvalue weighted by Crippen LogP contribution is 2.31. The van der Waals surface area contributed by atoms with Crippen molar-refractivity contribution in [3.63, 3.8) is 0 Å². The highest BCUT2D eigenvalue weighted by molar-refractivity contribution is 7.99. The number of benzene rings is 1. The number of thioether (sulfide) groups is 1. The average Bonchev–Trinajstić information content (AvgIpc) is 2.40. The van der Waals surface area contributed by atoms with E-state index in [0.29, 0.717) is 22.3 Å². The van der Waals surface area contributed by atoms with Gasteiger partial charge in [-0.3, -0.25) is 9.59 Å². The lowest BCUT2D eigenvalue weighted by atomic mass is 10.3. The highest BCUT2D eigenvalue weighted by atomic mass is 32.2. The predicted molar refractivity (Wildman–Crippen MR) is 72.7 cm³/mol. The quantitative estimate of drug-likeness (QED) is 0.632. The first-order valence-electron chi connectivity index (χ1n) is 5.89. The Morgan fingerprint density at radius 1 is 1.25 bits per heavy atom. The third-order valence-electron chi connectivity index (χ3n) is 2.32. The van der Waals surface area contributed by atoms with Gasteiger partial charge >= 0.3 is 0 Å². The minimum atomic E-state index is -2.55. The summed E-state index contributed by atoms with van der Waals surface area (Å²) in [4.78, 5) is 22.9. The molecule has 1 aromatic rings. The summed E-state index contributed by atoms with van der Waals surface area (Å²) in [7, 11) is 1.51. The van der Waals surface area contributed by atoms with Crippen LogP contribution in [0.15, 0.2) is 29.2 Å². The van der Waals surface area contributed by atoms with Crippen LogP contribution in [0.4, 0.5) is 14.5 Å². The summed E-state index contributed by atoms with van der Waals surface area (Å²) >= 11 is 0.377. The summed E-state index contributed by atoms with van der Waals surface area (Å²) in [5, 5.41) is 6.51. The SMILES string of the molecule is CNC(=O)C[NH2+]CC(=O)Nc1ccccc1SC(F)F. The molecule has 0 bridgehead atoms. The van der Waals surface area contributed by atoms with Gasteiger partial charge in [-0.1, -0.05) is 23.9 Å². The lowest BCUT2D eigenvalue weighted by Gasteiger charge is -2.09. The van der Waals surface area contributed by atoms with Crippen molar-refractivity contribution in [2.24, 2.45) is 0 Å². The molecule has 0 radical (unpaired) electrons. The van der Waals surface area contributed by atoms with Gasteiger partial charge in [0.25, 0.3) is 17.6 Å². The molecule has 0 saturated heterocycles. The van der Waals surface area contributed by atoms with Gasteiger partial charge in [0.2, 0.25) is 0 Å². The zero-order valence-electron chi connectivity index (χ0n) is 10.9. The van der Waals surface area contributed by atoms with Gasteiger partial charge in [-0.15, -0.1) is 0 Å². The zero-order valence-corrected chi connectivity index (χ0v) is 11.7. The largest absolute Gasteiger partial charge is 0.354 e. The molecular formula is C12H16F2N3O2S+. The second kappa shape index (κ2) is 8.49. The van der Waals surface area contributed by atoms with E-state index >= 15 is 0 Å². The molecule has 0 aliphatic rings. The number of likely N-dealkylation sites (N-methyl/N-ethyl adjacent to an activating group) is 1. The molecule has 1 aromatic carbocycles. The van der Waals surface area contributed by atoms with Crippen LogP contribution in [0.2, 0.25) is 0 Å². The van der Waals surface area contributed by atoms with Crippen LogP contribution < -0.4 is 16.0 Å². The number of amides is 2. The number of para-hydroxylation sites is 1. The molecule has 5 nitrogen and oxygen atoms in total. The van der Waals surface area contributed by atoms with Crippen LogP contribution in [-0.4, -0.2) is 37.7 Å². The summed E-state index contributed by atoms with van der Waals surface area (Å²) in [5.41, 5.74) is 0.344. The van der Waals surface area contributed by atoms with Crippen molar-refractivity contribution >= 4 is 29.3 Å². The molecule has 0 atom stereocenters. The Balaban J connectivity index is 2.51. The molecule has 0 spiro atoms. The molecule has 8 heteroatoms. The van der Waals surface area contributed by atoms with Gasteiger partial charge in [0.1, 0.15) is 0 Å². The Bertz CT molecular complexity index is 472. The van der Waals surface area contributed by atoms with E-state index in [9.17, 15) is 18.4 Å². The van der Waals surface area contributed by atoms with Gasteiger partial charge in [0.05, 0.1) is 5.69 Å². The molecule has 0 aliphatic carbocycles. The summed E-state index contributed by atoms with van der Waals surface area (Å²) in [6, 6.07) is 6.35. The van der Waals surface area contributed by atoms with Crippen molar-refractivity contribution in [2.45, 2.75) is 10.7 Å². The van der Waals surface area contributed by atoms with Gasteiger partial charge in [-0.2, -0.15) is 8.78 Å². The third kappa shape index (κ3) is 5.98. The van der Waals surface area contributed by atoms with Crippen LogP contribution in [0.5, 0.6) is 0 Å². The topological polar surface area (TPSA) is 74.8 Å². The molecule has 0 saturated carbocycles. The first-order chi connectivity index (χ1) is 9.52. The molecule has 0 unspecified atom stereocenters. The number of nitrogens with two attached hydrogens (primary N) is 1. The molecule has 1 rings (SSSR count). The fourth-order valence-corrected chi connectivity index (χ4v) is 2.00. The number of quaternary nitrogens is 1. The molecule has 0 aliphatic heterocycles. The number of hydrogen-bond donors (Lipinski definition) is 3. The van der Waals surface area contributed by atoms with E-state index in [4.69, 9.17) is 0 Å². The Morgan fingerprint density at radius 2 is 1.90 bits per heavy atom. The molecule has 0 aromatic heterocycles. The van der Waals surface area contributed by atoms with E-state index in [1.807, 2.05) is 0 Å².